The van der Waals surface area contributed by atoms with Crippen LogP contribution in [-0.2, 0) is 22.4 Å². The van der Waals surface area contributed by atoms with E-state index in [4.69, 9.17) is 9.26 Å². The molecule has 2 heterocycles. The third-order valence-electron chi connectivity index (χ3n) is 3.60. The molecule has 1 fully saturated rings. The molecule has 0 aliphatic carbocycles. The van der Waals surface area contributed by atoms with E-state index in [-0.39, 0.29) is 12.0 Å². The Balaban J connectivity index is 1.71. The molecular formula is C15H25N3O3. The number of aromatic nitrogens is 2. The first kappa shape index (κ1) is 15.9. The summed E-state index contributed by atoms with van der Waals surface area (Å²) in [6.07, 6.45) is 3.60. The number of hydrogen-bond acceptors (Lipinski definition) is 5. The van der Waals surface area contributed by atoms with Crippen molar-refractivity contribution >= 4 is 5.91 Å². The highest BCUT2D eigenvalue weighted by Gasteiger charge is 2.22. The molecule has 2 rings (SSSR count). The maximum Gasteiger partial charge on any atom is 0.226 e. The predicted octanol–water partition coefficient (Wildman–Crippen LogP) is 1.84. The molecule has 0 saturated carbocycles. The van der Waals surface area contributed by atoms with Crippen molar-refractivity contribution in [1.29, 1.82) is 0 Å². The van der Waals surface area contributed by atoms with Crippen molar-refractivity contribution in [2.45, 2.75) is 52.6 Å². The van der Waals surface area contributed by atoms with E-state index in [0.717, 1.165) is 25.8 Å². The van der Waals surface area contributed by atoms with Crippen molar-refractivity contribution in [1.82, 2.24) is 15.0 Å². The number of hydrogen-bond donors (Lipinski definition) is 0. The summed E-state index contributed by atoms with van der Waals surface area (Å²) in [5.74, 6) is 2.03. The monoisotopic (exact) mass is 295 g/mol. The Kier molecular flexibility index (Phi) is 5.73. The minimum atomic E-state index is 0.125. The molecule has 1 aliphatic rings. The summed E-state index contributed by atoms with van der Waals surface area (Å²) in [7, 11) is 0. The van der Waals surface area contributed by atoms with Crippen LogP contribution in [0.3, 0.4) is 0 Å². The van der Waals surface area contributed by atoms with Crippen LogP contribution in [-0.4, -0.2) is 46.7 Å². The molecule has 6 nitrogen and oxygen atoms in total. The van der Waals surface area contributed by atoms with Crippen LogP contribution >= 0.6 is 0 Å². The van der Waals surface area contributed by atoms with Crippen LogP contribution in [0.15, 0.2) is 4.52 Å². The van der Waals surface area contributed by atoms with E-state index >= 15 is 0 Å². The Hall–Kier alpha value is -1.43. The van der Waals surface area contributed by atoms with E-state index in [2.05, 4.69) is 24.0 Å². The van der Waals surface area contributed by atoms with Crippen LogP contribution < -0.4 is 0 Å². The van der Waals surface area contributed by atoms with Gasteiger partial charge < -0.3 is 14.2 Å². The number of ether oxygens (including phenoxy) is 1. The van der Waals surface area contributed by atoms with E-state index in [1.165, 1.54) is 0 Å². The van der Waals surface area contributed by atoms with Crippen molar-refractivity contribution in [2.75, 3.05) is 19.7 Å². The second-order valence-corrected chi connectivity index (χ2v) is 6.05. The lowest BCUT2D eigenvalue weighted by Gasteiger charge is -2.31. The van der Waals surface area contributed by atoms with Crippen LogP contribution in [0.4, 0.5) is 0 Å². The van der Waals surface area contributed by atoms with E-state index in [1.54, 1.807) is 6.92 Å². The summed E-state index contributed by atoms with van der Waals surface area (Å²) in [6.45, 7) is 7.96. The normalized spacial score (nSPS) is 19.2. The zero-order valence-corrected chi connectivity index (χ0v) is 13.2. The molecule has 1 aromatic heterocycles. The maximum atomic E-state index is 11.4. The van der Waals surface area contributed by atoms with Gasteiger partial charge in [0.2, 0.25) is 11.8 Å². The van der Waals surface area contributed by atoms with Gasteiger partial charge in [0, 0.05) is 32.9 Å². The van der Waals surface area contributed by atoms with Crippen LogP contribution in [0.1, 0.15) is 45.3 Å². The third-order valence-corrected chi connectivity index (χ3v) is 3.60. The van der Waals surface area contributed by atoms with Gasteiger partial charge in [-0.15, -0.1) is 0 Å². The Labute approximate surface area is 125 Å². The molecule has 6 heteroatoms. The molecule has 0 aromatic carbocycles. The molecule has 0 radical (unpaired) electrons. The van der Waals surface area contributed by atoms with Gasteiger partial charge >= 0.3 is 0 Å². The summed E-state index contributed by atoms with van der Waals surface area (Å²) < 4.78 is 11.0. The number of piperidine rings is 1. The number of carbonyl (C=O) groups is 1. The Morgan fingerprint density at radius 3 is 3.05 bits per heavy atom. The lowest BCUT2D eigenvalue weighted by molar-refractivity contribution is -0.132. The second-order valence-electron chi connectivity index (χ2n) is 6.05. The van der Waals surface area contributed by atoms with Crippen LogP contribution in [0.5, 0.6) is 0 Å². The largest absolute Gasteiger partial charge is 0.376 e. The van der Waals surface area contributed by atoms with Gasteiger partial charge in [-0.1, -0.05) is 19.0 Å². The quantitative estimate of drug-likeness (QED) is 0.801. The maximum absolute atomic E-state index is 11.4. The number of amides is 1. The van der Waals surface area contributed by atoms with Gasteiger partial charge in [0.25, 0.3) is 0 Å². The van der Waals surface area contributed by atoms with E-state index in [0.29, 0.717) is 37.2 Å². The lowest BCUT2D eigenvalue weighted by atomic mass is 10.1. The summed E-state index contributed by atoms with van der Waals surface area (Å²) in [6, 6.07) is 0. The molecule has 1 aromatic rings. The first-order valence-corrected chi connectivity index (χ1v) is 7.73. The standard InChI is InChI=1S/C15H25N3O3/c1-11(2)9-15-16-14(17-21-15)6-8-20-13-5-4-7-18(10-13)12(3)19/h11,13H,4-10H2,1-3H3. The minimum absolute atomic E-state index is 0.125. The van der Waals surface area contributed by atoms with Gasteiger partial charge in [0.05, 0.1) is 12.7 Å². The molecule has 1 aliphatic heterocycles. The van der Waals surface area contributed by atoms with Crippen LogP contribution in [0.25, 0.3) is 0 Å². The zero-order valence-electron chi connectivity index (χ0n) is 13.2. The average Bonchev–Trinajstić information content (AvgIpc) is 2.86. The molecule has 21 heavy (non-hydrogen) atoms. The molecular weight excluding hydrogens is 270 g/mol. The molecule has 1 atom stereocenters. The number of nitrogens with zero attached hydrogens (tertiary/aromatic N) is 3. The van der Waals surface area contributed by atoms with E-state index < -0.39 is 0 Å². The van der Waals surface area contributed by atoms with Gasteiger partial charge in [-0.3, -0.25) is 4.79 Å². The van der Waals surface area contributed by atoms with E-state index in [9.17, 15) is 4.79 Å². The highest BCUT2D eigenvalue weighted by atomic mass is 16.5. The number of carbonyl (C=O) groups excluding carboxylic acids is 1. The van der Waals surface area contributed by atoms with Gasteiger partial charge in [-0.25, -0.2) is 0 Å². The van der Waals surface area contributed by atoms with Gasteiger partial charge in [-0.2, -0.15) is 4.98 Å². The molecule has 0 bridgehead atoms. The minimum Gasteiger partial charge on any atom is -0.376 e. The van der Waals surface area contributed by atoms with Crippen molar-refractivity contribution in [3.8, 4) is 0 Å². The van der Waals surface area contributed by atoms with Gasteiger partial charge in [-0.05, 0) is 18.8 Å². The fraction of sp³-hybridized carbons (Fsp3) is 0.800. The Morgan fingerprint density at radius 1 is 1.52 bits per heavy atom. The lowest BCUT2D eigenvalue weighted by Crippen LogP contribution is -2.42. The zero-order chi connectivity index (χ0) is 15.2. The molecule has 0 spiro atoms. The van der Waals surface area contributed by atoms with E-state index in [1.807, 2.05) is 4.90 Å². The SMILES string of the molecule is CC(=O)N1CCCC(OCCc2noc(CC(C)C)n2)C1. The molecule has 1 saturated heterocycles. The number of rotatable bonds is 6. The first-order chi connectivity index (χ1) is 10.0. The third kappa shape index (κ3) is 5.12. The molecule has 1 unspecified atom stereocenters. The molecule has 1 amide bonds. The fourth-order valence-corrected chi connectivity index (χ4v) is 2.50. The summed E-state index contributed by atoms with van der Waals surface area (Å²) in [4.78, 5) is 17.6. The predicted molar refractivity (Wildman–Crippen MR) is 77.8 cm³/mol. The molecule has 118 valence electrons. The van der Waals surface area contributed by atoms with Gasteiger partial charge in [0.1, 0.15) is 0 Å². The van der Waals surface area contributed by atoms with Crippen LogP contribution in [0.2, 0.25) is 0 Å². The average molecular weight is 295 g/mol. The smallest absolute Gasteiger partial charge is 0.226 e. The Bertz CT molecular complexity index is 459. The summed E-state index contributed by atoms with van der Waals surface area (Å²) in [5, 5.41) is 3.96. The highest BCUT2D eigenvalue weighted by Crippen LogP contribution is 2.14. The van der Waals surface area contributed by atoms with Crippen molar-refractivity contribution < 1.29 is 14.1 Å². The number of likely N-dealkylation sites (tertiary alicyclic amines) is 1. The summed E-state index contributed by atoms with van der Waals surface area (Å²) in [5.41, 5.74) is 0. The topological polar surface area (TPSA) is 68.5 Å². The van der Waals surface area contributed by atoms with Crippen molar-refractivity contribution in [3.63, 3.8) is 0 Å². The van der Waals surface area contributed by atoms with Crippen molar-refractivity contribution in [3.05, 3.63) is 11.7 Å². The van der Waals surface area contributed by atoms with Gasteiger partial charge in [0.15, 0.2) is 5.82 Å². The second kappa shape index (κ2) is 7.54. The first-order valence-electron chi connectivity index (χ1n) is 7.73. The summed E-state index contributed by atoms with van der Waals surface area (Å²) >= 11 is 0. The van der Waals surface area contributed by atoms with Crippen molar-refractivity contribution in [2.24, 2.45) is 5.92 Å². The Morgan fingerprint density at radius 2 is 2.33 bits per heavy atom. The fourth-order valence-electron chi connectivity index (χ4n) is 2.50. The highest BCUT2D eigenvalue weighted by molar-refractivity contribution is 5.73. The van der Waals surface area contributed by atoms with Crippen LogP contribution in [0, 0.1) is 5.92 Å². The molecule has 0 N–H and O–H groups in total.